The average Bonchev–Trinajstić information content (AvgIpc) is 2.97. The van der Waals surface area contributed by atoms with Crippen LogP contribution in [0, 0.1) is 0 Å². The van der Waals surface area contributed by atoms with E-state index >= 15 is 0 Å². The van der Waals surface area contributed by atoms with E-state index in [-0.39, 0.29) is 17.1 Å². The molecule has 156 valence electrons. The molecule has 1 atom stereocenters. The van der Waals surface area contributed by atoms with Gasteiger partial charge in [0.05, 0.1) is 16.4 Å². The summed E-state index contributed by atoms with van der Waals surface area (Å²) in [5.74, 6) is 0. The van der Waals surface area contributed by atoms with E-state index in [1.165, 1.54) is 0 Å². The first-order valence-electron chi connectivity index (χ1n) is 9.47. The fourth-order valence-corrected chi connectivity index (χ4v) is 5.13. The first-order chi connectivity index (χ1) is 13.7. The Labute approximate surface area is 181 Å². The first-order valence-corrected chi connectivity index (χ1v) is 10.7. The molecule has 2 aromatic rings. The quantitative estimate of drug-likeness (QED) is 0.642. The molecule has 1 unspecified atom stereocenters. The van der Waals surface area contributed by atoms with Gasteiger partial charge in [-0.1, -0.05) is 47.6 Å². The molecule has 8 heteroatoms. The van der Waals surface area contributed by atoms with Gasteiger partial charge >= 0.3 is 6.03 Å². The lowest BCUT2D eigenvalue weighted by Gasteiger charge is -2.33. The molecule has 2 aromatic carbocycles. The number of rotatable bonds is 6. The molecule has 1 heterocycles. The highest BCUT2D eigenvalue weighted by Crippen LogP contribution is 2.49. The molecule has 0 aromatic heterocycles. The maximum atomic E-state index is 12.8. The van der Waals surface area contributed by atoms with Crippen molar-refractivity contribution < 1.29 is 4.79 Å². The third-order valence-electron chi connectivity index (χ3n) is 4.55. The van der Waals surface area contributed by atoms with Crippen LogP contribution < -0.4 is 21.3 Å². The van der Waals surface area contributed by atoms with E-state index in [1.54, 1.807) is 11.8 Å². The minimum absolute atomic E-state index is 0.228. The Balaban J connectivity index is 1.90. The van der Waals surface area contributed by atoms with Crippen LogP contribution in [-0.2, 0) is 6.54 Å². The molecule has 0 saturated carbocycles. The third kappa shape index (κ3) is 4.98. The van der Waals surface area contributed by atoms with Crippen LogP contribution in [-0.4, -0.2) is 42.6 Å². The number of thioether (sulfide) groups is 1. The monoisotopic (exact) mass is 433 g/mol. The van der Waals surface area contributed by atoms with Crippen LogP contribution >= 0.6 is 23.4 Å². The van der Waals surface area contributed by atoms with E-state index in [2.05, 4.69) is 15.5 Å². The molecule has 0 radical (unpaired) electrons. The van der Waals surface area contributed by atoms with E-state index < -0.39 is 0 Å². The topological polar surface area (TPSA) is 73.6 Å². The molecule has 6 nitrogen and oxygen atoms in total. The van der Waals surface area contributed by atoms with Crippen molar-refractivity contribution in [2.45, 2.75) is 36.3 Å². The van der Waals surface area contributed by atoms with Gasteiger partial charge in [-0.2, -0.15) is 0 Å². The summed E-state index contributed by atoms with van der Waals surface area (Å²) < 4.78 is 0. The van der Waals surface area contributed by atoms with Crippen LogP contribution in [0.25, 0.3) is 0 Å². The number of benzene rings is 2. The van der Waals surface area contributed by atoms with Crippen molar-refractivity contribution in [3.63, 3.8) is 0 Å². The Morgan fingerprint density at radius 3 is 2.66 bits per heavy atom. The number of urea groups is 1. The fourth-order valence-electron chi connectivity index (χ4n) is 3.67. The summed E-state index contributed by atoms with van der Waals surface area (Å²) >= 11 is 8.16. The number of amides is 2. The Morgan fingerprint density at radius 1 is 1.24 bits per heavy atom. The van der Waals surface area contributed by atoms with Gasteiger partial charge in [-0.25, -0.2) is 4.79 Å². The zero-order chi connectivity index (χ0) is 21.2. The van der Waals surface area contributed by atoms with Gasteiger partial charge in [-0.3, -0.25) is 0 Å². The number of carbonyl (C=O) groups excluding carboxylic acids is 1. The Bertz CT molecular complexity index is 889. The first kappa shape index (κ1) is 21.8. The molecule has 4 N–H and O–H groups in total. The molecule has 2 amide bonds. The SMILES string of the molecule is CN(C)CC(C)(C)NC(=O)NC1Sc2ccccc2N1c1c(Cl)cccc1CN. The maximum absolute atomic E-state index is 12.8. The second-order valence-corrected chi connectivity index (χ2v) is 9.51. The number of carbonyl (C=O) groups is 1. The van der Waals surface area contributed by atoms with Crippen molar-refractivity contribution in [3.05, 3.63) is 53.1 Å². The minimum Gasteiger partial charge on any atom is -0.332 e. The molecule has 0 saturated heterocycles. The van der Waals surface area contributed by atoms with Crippen LogP contribution in [0.3, 0.4) is 0 Å². The number of anilines is 2. The lowest BCUT2D eigenvalue weighted by molar-refractivity contribution is 0.217. The van der Waals surface area contributed by atoms with Crippen molar-refractivity contribution in [1.82, 2.24) is 15.5 Å². The van der Waals surface area contributed by atoms with Crippen LogP contribution in [0.5, 0.6) is 0 Å². The highest BCUT2D eigenvalue weighted by Gasteiger charge is 2.35. The normalized spacial score (nSPS) is 16.1. The number of halogens is 1. The van der Waals surface area contributed by atoms with Gasteiger partial charge in [0.25, 0.3) is 0 Å². The summed E-state index contributed by atoms with van der Waals surface area (Å²) in [6.07, 6.45) is 0. The van der Waals surface area contributed by atoms with Crippen molar-refractivity contribution in [1.29, 1.82) is 0 Å². The van der Waals surface area contributed by atoms with Gasteiger partial charge in [0.2, 0.25) is 0 Å². The minimum atomic E-state index is -0.374. The molecule has 3 rings (SSSR count). The van der Waals surface area contributed by atoms with Crippen molar-refractivity contribution >= 4 is 40.8 Å². The van der Waals surface area contributed by atoms with Crippen LogP contribution in [0.1, 0.15) is 19.4 Å². The predicted octanol–water partition coefficient (Wildman–Crippen LogP) is 3.97. The summed E-state index contributed by atoms with van der Waals surface area (Å²) in [5, 5.41) is 6.77. The van der Waals surface area contributed by atoms with Gasteiger partial charge in [0.15, 0.2) is 5.50 Å². The van der Waals surface area contributed by atoms with Gasteiger partial charge in [0.1, 0.15) is 0 Å². The number of nitrogens with one attached hydrogen (secondary N) is 2. The van der Waals surface area contributed by atoms with Gasteiger partial charge in [-0.05, 0) is 51.7 Å². The van der Waals surface area contributed by atoms with Gasteiger partial charge in [0, 0.05) is 23.5 Å². The average molecular weight is 434 g/mol. The number of nitrogens with two attached hydrogens (primary N) is 1. The Morgan fingerprint density at radius 2 is 1.97 bits per heavy atom. The predicted molar refractivity (Wildman–Crippen MR) is 122 cm³/mol. The zero-order valence-corrected chi connectivity index (χ0v) is 18.8. The number of para-hydroxylation sites is 2. The molecule has 0 bridgehead atoms. The third-order valence-corrected chi connectivity index (χ3v) is 6.00. The fraction of sp³-hybridized carbons (Fsp3) is 0.381. The molecule has 0 aliphatic carbocycles. The summed E-state index contributed by atoms with van der Waals surface area (Å²) in [4.78, 5) is 18.0. The van der Waals surface area contributed by atoms with E-state index in [0.717, 1.165) is 28.4 Å². The largest absolute Gasteiger partial charge is 0.332 e. The standard InChI is InChI=1S/C21H28ClN5OS/c1-21(2,13-26(3)4)25-19(28)24-20-27(16-10-5-6-11-17(16)29-20)18-14(12-23)8-7-9-15(18)22/h5-11,20H,12-13,23H2,1-4H3,(H2,24,25,28). The molecule has 0 spiro atoms. The molecule has 1 aliphatic rings. The highest BCUT2D eigenvalue weighted by molar-refractivity contribution is 8.00. The smallest absolute Gasteiger partial charge is 0.317 e. The molecule has 1 aliphatic heterocycles. The van der Waals surface area contributed by atoms with Crippen molar-refractivity contribution in [3.8, 4) is 0 Å². The molecule has 0 fully saturated rings. The number of hydrogen-bond acceptors (Lipinski definition) is 5. The molecular weight excluding hydrogens is 406 g/mol. The summed E-state index contributed by atoms with van der Waals surface area (Å²) in [5.41, 5.74) is 8.02. The number of hydrogen-bond donors (Lipinski definition) is 3. The molecular formula is C21H28ClN5OS. The van der Waals surface area contributed by atoms with E-state index in [9.17, 15) is 4.79 Å². The summed E-state index contributed by atoms with van der Waals surface area (Å²) in [7, 11) is 3.97. The zero-order valence-electron chi connectivity index (χ0n) is 17.2. The Hall–Kier alpha value is -1.93. The highest BCUT2D eigenvalue weighted by atomic mass is 35.5. The summed E-state index contributed by atoms with van der Waals surface area (Å²) in [6, 6.07) is 13.5. The van der Waals surface area contributed by atoms with E-state index in [0.29, 0.717) is 11.6 Å². The lowest BCUT2D eigenvalue weighted by atomic mass is 10.1. The Kier molecular flexibility index (Phi) is 6.63. The lowest BCUT2D eigenvalue weighted by Crippen LogP contribution is -2.56. The van der Waals surface area contributed by atoms with Gasteiger partial charge in [-0.15, -0.1) is 0 Å². The van der Waals surface area contributed by atoms with Crippen molar-refractivity contribution in [2.75, 3.05) is 25.5 Å². The number of likely N-dealkylation sites (N-methyl/N-ethyl adjacent to an activating group) is 1. The second kappa shape index (κ2) is 8.83. The van der Waals surface area contributed by atoms with Crippen LogP contribution in [0.4, 0.5) is 16.2 Å². The van der Waals surface area contributed by atoms with E-state index in [4.69, 9.17) is 17.3 Å². The number of nitrogens with zero attached hydrogens (tertiary/aromatic N) is 2. The van der Waals surface area contributed by atoms with E-state index in [1.807, 2.05) is 75.3 Å². The van der Waals surface area contributed by atoms with Crippen LogP contribution in [0.2, 0.25) is 5.02 Å². The molecule has 29 heavy (non-hydrogen) atoms. The second-order valence-electron chi connectivity index (χ2n) is 7.98. The number of fused-ring (bicyclic) bond motifs is 1. The van der Waals surface area contributed by atoms with Crippen molar-refractivity contribution in [2.24, 2.45) is 5.73 Å². The van der Waals surface area contributed by atoms with Gasteiger partial charge < -0.3 is 26.2 Å². The maximum Gasteiger partial charge on any atom is 0.317 e. The van der Waals surface area contributed by atoms with Crippen LogP contribution in [0.15, 0.2) is 47.4 Å². The summed E-state index contributed by atoms with van der Waals surface area (Å²) in [6.45, 7) is 5.08.